The van der Waals surface area contributed by atoms with Gasteiger partial charge in [0.2, 0.25) is 0 Å². The maximum Gasteiger partial charge on any atom is 0.136 e. The van der Waals surface area contributed by atoms with Gasteiger partial charge in [0, 0.05) is 12.3 Å². The Morgan fingerprint density at radius 2 is 1.45 bits per heavy atom. The van der Waals surface area contributed by atoms with Crippen molar-refractivity contribution < 1.29 is 4.79 Å². The number of ketones is 1. The van der Waals surface area contributed by atoms with E-state index >= 15 is 0 Å². The summed E-state index contributed by atoms with van der Waals surface area (Å²) in [6.45, 7) is 13.6. The van der Waals surface area contributed by atoms with Gasteiger partial charge in [0.05, 0.1) is 0 Å². The molecule has 1 aliphatic rings. The molecule has 1 aromatic rings. The van der Waals surface area contributed by atoms with Gasteiger partial charge in [-0.2, -0.15) is 0 Å². The molecule has 122 valence electrons. The fourth-order valence-corrected chi connectivity index (χ4v) is 3.23. The maximum atomic E-state index is 12.2. The molecular weight excluding hydrogens is 268 g/mol. The monoisotopic (exact) mass is 300 g/mol. The van der Waals surface area contributed by atoms with E-state index in [2.05, 4.69) is 59.7 Å². The highest BCUT2D eigenvalue weighted by Gasteiger charge is 2.25. The molecule has 0 aliphatic heterocycles. The van der Waals surface area contributed by atoms with Crippen LogP contribution in [0.25, 0.3) is 0 Å². The number of Topliss-reactive ketones (excluding diaryl/α,β-unsaturated/α-hetero) is 1. The summed E-state index contributed by atoms with van der Waals surface area (Å²) in [5.41, 5.74) is 4.41. The molecule has 2 rings (SSSR count). The van der Waals surface area contributed by atoms with Crippen LogP contribution in [-0.4, -0.2) is 5.78 Å². The summed E-state index contributed by atoms with van der Waals surface area (Å²) >= 11 is 0. The van der Waals surface area contributed by atoms with E-state index in [1.807, 2.05) is 0 Å². The lowest BCUT2D eigenvalue weighted by molar-refractivity contribution is -0.124. The van der Waals surface area contributed by atoms with Crippen molar-refractivity contribution in [3.63, 3.8) is 0 Å². The van der Waals surface area contributed by atoms with E-state index in [-0.39, 0.29) is 16.7 Å². The molecule has 0 heterocycles. The number of hydrogen-bond acceptors (Lipinski definition) is 1. The standard InChI is InChI=1S/C21H32O/c1-20(2,3)17-12-15(13-18(14-17)21(4,5)6)11-16-9-7-8-10-19(16)22/h12-14,16H,7-11H2,1-6H3. The molecule has 1 aromatic carbocycles. The first-order valence-corrected chi connectivity index (χ1v) is 8.75. The molecule has 0 aromatic heterocycles. The molecule has 0 N–H and O–H groups in total. The number of rotatable bonds is 2. The fraction of sp³-hybridized carbons (Fsp3) is 0.667. The lowest BCUT2D eigenvalue weighted by Gasteiger charge is -2.27. The maximum absolute atomic E-state index is 12.2. The van der Waals surface area contributed by atoms with Gasteiger partial charge in [0.1, 0.15) is 5.78 Å². The second-order valence-corrected chi connectivity index (χ2v) is 9.03. The third-order valence-electron chi connectivity index (χ3n) is 4.89. The predicted molar refractivity (Wildman–Crippen MR) is 94.5 cm³/mol. The molecule has 1 nitrogen and oxygen atoms in total. The molecule has 0 saturated heterocycles. The zero-order chi connectivity index (χ0) is 16.5. The molecule has 22 heavy (non-hydrogen) atoms. The molecule has 1 heteroatoms. The topological polar surface area (TPSA) is 17.1 Å². The Morgan fingerprint density at radius 1 is 0.909 bits per heavy atom. The summed E-state index contributed by atoms with van der Waals surface area (Å²) in [6.07, 6.45) is 5.08. The SMILES string of the molecule is CC(C)(C)c1cc(CC2CCCCC2=O)cc(C(C)(C)C)c1. The summed E-state index contributed by atoms with van der Waals surface area (Å²) in [6, 6.07) is 7.01. The molecule has 1 atom stereocenters. The van der Waals surface area contributed by atoms with Crippen molar-refractivity contribution in [1.29, 1.82) is 0 Å². The summed E-state index contributed by atoms with van der Waals surface area (Å²) in [5, 5.41) is 0. The van der Waals surface area contributed by atoms with Crippen LogP contribution in [0.5, 0.6) is 0 Å². The number of carbonyl (C=O) groups excluding carboxylic acids is 1. The Morgan fingerprint density at radius 3 is 1.91 bits per heavy atom. The third kappa shape index (κ3) is 4.21. The van der Waals surface area contributed by atoms with Crippen molar-refractivity contribution in [3.05, 3.63) is 34.9 Å². The van der Waals surface area contributed by atoms with Crippen molar-refractivity contribution >= 4 is 5.78 Å². The number of benzene rings is 1. The van der Waals surface area contributed by atoms with Crippen LogP contribution in [0.4, 0.5) is 0 Å². The van der Waals surface area contributed by atoms with Gasteiger partial charge in [-0.15, -0.1) is 0 Å². The number of carbonyl (C=O) groups is 1. The van der Waals surface area contributed by atoms with E-state index < -0.39 is 0 Å². The van der Waals surface area contributed by atoms with Crippen LogP contribution < -0.4 is 0 Å². The van der Waals surface area contributed by atoms with E-state index in [0.717, 1.165) is 25.7 Å². The predicted octanol–water partition coefficient (Wildman–Crippen LogP) is 5.58. The highest BCUT2D eigenvalue weighted by molar-refractivity contribution is 5.81. The van der Waals surface area contributed by atoms with Gasteiger partial charge < -0.3 is 0 Å². The van der Waals surface area contributed by atoms with Crippen molar-refractivity contribution in [2.45, 2.75) is 84.5 Å². The Balaban J connectivity index is 2.35. The van der Waals surface area contributed by atoms with Gasteiger partial charge in [-0.25, -0.2) is 0 Å². The largest absolute Gasteiger partial charge is 0.299 e. The molecule has 1 unspecified atom stereocenters. The van der Waals surface area contributed by atoms with Crippen molar-refractivity contribution in [2.75, 3.05) is 0 Å². The Kier molecular flexibility index (Phi) is 4.84. The van der Waals surface area contributed by atoms with Crippen LogP contribution >= 0.6 is 0 Å². The fourth-order valence-electron chi connectivity index (χ4n) is 3.23. The summed E-state index contributed by atoms with van der Waals surface area (Å²) in [4.78, 5) is 12.2. The van der Waals surface area contributed by atoms with Gasteiger partial charge in [-0.3, -0.25) is 4.79 Å². The van der Waals surface area contributed by atoms with E-state index in [9.17, 15) is 4.79 Å². The highest BCUT2D eigenvalue weighted by Crippen LogP contribution is 2.32. The van der Waals surface area contributed by atoms with Crippen molar-refractivity contribution in [1.82, 2.24) is 0 Å². The van der Waals surface area contributed by atoms with Crippen LogP contribution in [0, 0.1) is 5.92 Å². The zero-order valence-electron chi connectivity index (χ0n) is 15.3. The van der Waals surface area contributed by atoms with Gasteiger partial charge >= 0.3 is 0 Å². The van der Waals surface area contributed by atoms with Crippen LogP contribution in [0.1, 0.15) is 83.9 Å². The minimum absolute atomic E-state index is 0.145. The minimum atomic E-state index is 0.145. The summed E-state index contributed by atoms with van der Waals surface area (Å²) in [5.74, 6) is 0.724. The minimum Gasteiger partial charge on any atom is -0.299 e. The zero-order valence-corrected chi connectivity index (χ0v) is 15.3. The molecule has 0 amide bonds. The second kappa shape index (κ2) is 6.18. The normalized spacial score (nSPS) is 20.3. The average molecular weight is 300 g/mol. The molecule has 1 aliphatic carbocycles. The van der Waals surface area contributed by atoms with Gasteiger partial charge in [-0.1, -0.05) is 66.2 Å². The highest BCUT2D eigenvalue weighted by atomic mass is 16.1. The van der Waals surface area contributed by atoms with Crippen LogP contribution in [-0.2, 0) is 22.0 Å². The van der Waals surface area contributed by atoms with Gasteiger partial charge in [0.15, 0.2) is 0 Å². The lowest BCUT2D eigenvalue weighted by atomic mass is 9.77. The first-order valence-electron chi connectivity index (χ1n) is 8.75. The smallest absolute Gasteiger partial charge is 0.136 e. The van der Waals surface area contributed by atoms with Crippen molar-refractivity contribution in [2.24, 2.45) is 5.92 Å². The number of hydrogen-bond donors (Lipinski definition) is 0. The first-order chi connectivity index (χ1) is 10.1. The third-order valence-corrected chi connectivity index (χ3v) is 4.89. The quantitative estimate of drug-likeness (QED) is 0.696. The van der Waals surface area contributed by atoms with Crippen LogP contribution in [0.2, 0.25) is 0 Å². The average Bonchev–Trinajstić information content (AvgIpc) is 2.39. The van der Waals surface area contributed by atoms with E-state index in [4.69, 9.17) is 0 Å². The second-order valence-electron chi connectivity index (χ2n) is 9.03. The Bertz CT molecular complexity index is 508. The van der Waals surface area contributed by atoms with Gasteiger partial charge in [-0.05, 0) is 46.8 Å². The molecule has 0 radical (unpaired) electrons. The van der Waals surface area contributed by atoms with E-state index in [1.54, 1.807) is 0 Å². The van der Waals surface area contributed by atoms with E-state index in [1.165, 1.54) is 23.1 Å². The van der Waals surface area contributed by atoms with Crippen molar-refractivity contribution in [3.8, 4) is 0 Å². The first kappa shape index (κ1) is 17.2. The molecule has 1 saturated carbocycles. The lowest BCUT2D eigenvalue weighted by Crippen LogP contribution is -2.22. The van der Waals surface area contributed by atoms with E-state index in [0.29, 0.717) is 5.78 Å². The van der Waals surface area contributed by atoms with Crippen LogP contribution in [0.15, 0.2) is 18.2 Å². The van der Waals surface area contributed by atoms with Crippen LogP contribution in [0.3, 0.4) is 0 Å². The molecule has 0 spiro atoms. The Labute approximate surface area is 136 Å². The molecule has 0 bridgehead atoms. The summed E-state index contributed by atoms with van der Waals surface area (Å²) < 4.78 is 0. The molecular formula is C21H32O. The summed E-state index contributed by atoms with van der Waals surface area (Å²) in [7, 11) is 0. The molecule has 1 fully saturated rings. The van der Waals surface area contributed by atoms with Gasteiger partial charge in [0.25, 0.3) is 0 Å². The Hall–Kier alpha value is -1.11.